The summed E-state index contributed by atoms with van der Waals surface area (Å²) in [6.45, 7) is 0. The zero-order valence-electron chi connectivity index (χ0n) is 8.14. The summed E-state index contributed by atoms with van der Waals surface area (Å²) in [4.78, 5) is 12.9. The molecule has 0 atom stereocenters. The Hall–Kier alpha value is 0.320. The lowest BCUT2D eigenvalue weighted by molar-refractivity contribution is 0.104. The Morgan fingerprint density at radius 1 is 1.24 bits per heavy atom. The minimum absolute atomic E-state index is 0.0844. The van der Waals surface area contributed by atoms with Crippen molar-refractivity contribution in [1.82, 2.24) is 0 Å². The van der Waals surface area contributed by atoms with Gasteiger partial charge in [0, 0.05) is 19.9 Å². The zero-order valence-corrected chi connectivity index (χ0v) is 14.5. The summed E-state index contributed by atoms with van der Waals surface area (Å²) in [5.74, 6) is -0.0844. The normalized spacial score (nSPS) is 10.6. The second kappa shape index (κ2) is 5.53. The zero-order chi connectivity index (χ0) is 12.6. The van der Waals surface area contributed by atoms with E-state index in [4.69, 9.17) is 11.6 Å². The van der Waals surface area contributed by atoms with Gasteiger partial charge in [-0.15, -0.1) is 11.3 Å². The molecule has 0 amide bonds. The number of carbonyl (C=O) groups is 1. The molecule has 1 nitrogen and oxygen atoms in total. The summed E-state index contributed by atoms with van der Waals surface area (Å²) in [7, 11) is 0. The number of rotatable bonds is 2. The first kappa shape index (κ1) is 13.7. The summed E-state index contributed by atoms with van der Waals surface area (Å²) >= 11 is 17.5. The summed E-state index contributed by atoms with van der Waals surface area (Å²) in [6.07, 6.45) is 0. The molecule has 1 heterocycles. The molecule has 0 aliphatic carbocycles. The fourth-order valence-corrected chi connectivity index (χ4v) is 3.94. The first-order chi connectivity index (χ1) is 8.00. The molecule has 6 heteroatoms. The van der Waals surface area contributed by atoms with Gasteiger partial charge in [-0.3, -0.25) is 4.79 Å². The molecule has 0 saturated heterocycles. The van der Waals surface area contributed by atoms with E-state index in [1.807, 2.05) is 5.38 Å². The maximum absolute atomic E-state index is 12.3. The average molecular weight is 459 g/mol. The van der Waals surface area contributed by atoms with Crippen molar-refractivity contribution in [3.63, 3.8) is 0 Å². The van der Waals surface area contributed by atoms with Gasteiger partial charge < -0.3 is 0 Å². The van der Waals surface area contributed by atoms with Crippen molar-refractivity contribution < 1.29 is 4.79 Å². The highest BCUT2D eigenvalue weighted by Crippen LogP contribution is 2.35. The first-order valence-electron chi connectivity index (χ1n) is 4.43. The lowest BCUT2D eigenvalue weighted by atomic mass is 10.1. The third-order valence-corrected chi connectivity index (χ3v) is 6.42. The second-order valence-electron chi connectivity index (χ2n) is 3.18. The van der Waals surface area contributed by atoms with Gasteiger partial charge in [-0.25, -0.2) is 0 Å². The number of halogens is 4. The highest BCUT2D eigenvalue weighted by molar-refractivity contribution is 9.13. The van der Waals surface area contributed by atoms with Gasteiger partial charge >= 0.3 is 0 Å². The average Bonchev–Trinajstić information content (AvgIpc) is 2.62. The van der Waals surface area contributed by atoms with Crippen LogP contribution in [-0.2, 0) is 0 Å². The minimum Gasteiger partial charge on any atom is -0.288 e. The van der Waals surface area contributed by atoms with E-state index in [1.54, 1.807) is 18.2 Å². The van der Waals surface area contributed by atoms with Crippen LogP contribution in [0.1, 0.15) is 15.2 Å². The Kier molecular flexibility index (Phi) is 4.47. The van der Waals surface area contributed by atoms with Crippen molar-refractivity contribution in [2.45, 2.75) is 0 Å². The van der Waals surface area contributed by atoms with Gasteiger partial charge in [0.05, 0.1) is 14.4 Å². The van der Waals surface area contributed by atoms with E-state index in [2.05, 4.69) is 47.8 Å². The maximum Gasteiger partial charge on any atom is 0.205 e. The molecule has 0 N–H and O–H groups in total. The van der Waals surface area contributed by atoms with Crippen molar-refractivity contribution >= 4 is 76.5 Å². The van der Waals surface area contributed by atoms with E-state index >= 15 is 0 Å². The number of benzene rings is 1. The maximum atomic E-state index is 12.3. The third kappa shape index (κ3) is 2.84. The number of thiophene rings is 1. The highest BCUT2D eigenvalue weighted by Gasteiger charge is 2.19. The molecule has 17 heavy (non-hydrogen) atoms. The third-order valence-electron chi connectivity index (χ3n) is 2.07. The molecule has 0 spiro atoms. The van der Waals surface area contributed by atoms with E-state index in [1.165, 1.54) is 11.3 Å². The number of carbonyl (C=O) groups excluding carboxylic acids is 1. The Morgan fingerprint density at radius 3 is 2.53 bits per heavy atom. The van der Waals surface area contributed by atoms with Crippen LogP contribution in [0.3, 0.4) is 0 Å². The van der Waals surface area contributed by atoms with Gasteiger partial charge in [0.25, 0.3) is 0 Å². The first-order valence-corrected chi connectivity index (χ1v) is 8.06. The lowest BCUT2D eigenvalue weighted by Crippen LogP contribution is -2.00. The predicted molar refractivity (Wildman–Crippen MR) is 82.3 cm³/mol. The standard InChI is InChI=1S/C11H4Br3ClOS/c12-5-1-2-8(15)6(3-5)10(16)11-9(14)7(13)4-17-11/h1-4H. The van der Waals surface area contributed by atoms with E-state index in [0.717, 1.165) is 13.4 Å². The van der Waals surface area contributed by atoms with Crippen molar-refractivity contribution in [2.75, 3.05) is 0 Å². The fourth-order valence-electron chi connectivity index (χ4n) is 1.27. The SMILES string of the molecule is O=C(c1cc(Br)ccc1Cl)c1scc(Br)c1Br. The van der Waals surface area contributed by atoms with Crippen molar-refractivity contribution in [3.05, 3.63) is 52.5 Å². The van der Waals surface area contributed by atoms with E-state index in [-0.39, 0.29) is 5.78 Å². The molecule has 2 aromatic rings. The van der Waals surface area contributed by atoms with Crippen molar-refractivity contribution in [3.8, 4) is 0 Å². The Bertz CT molecular complexity index is 594. The van der Waals surface area contributed by atoms with Crippen LogP contribution in [0.2, 0.25) is 5.02 Å². The van der Waals surface area contributed by atoms with Gasteiger partial charge in [0.15, 0.2) is 0 Å². The Balaban J connectivity index is 2.51. The summed E-state index contributed by atoms with van der Waals surface area (Å²) in [5.41, 5.74) is 0.496. The summed E-state index contributed by atoms with van der Waals surface area (Å²) < 4.78 is 2.47. The number of hydrogen-bond acceptors (Lipinski definition) is 2. The molecule has 0 bridgehead atoms. The van der Waals surface area contributed by atoms with Crippen LogP contribution in [0.5, 0.6) is 0 Å². The van der Waals surface area contributed by atoms with Crippen LogP contribution in [0, 0.1) is 0 Å². The molecule has 0 radical (unpaired) electrons. The topological polar surface area (TPSA) is 17.1 Å². The van der Waals surface area contributed by atoms with Gasteiger partial charge in [0.2, 0.25) is 5.78 Å². The quantitative estimate of drug-likeness (QED) is 0.510. The van der Waals surface area contributed by atoms with E-state index in [9.17, 15) is 4.79 Å². The smallest absolute Gasteiger partial charge is 0.205 e. The van der Waals surface area contributed by atoms with Crippen LogP contribution in [-0.4, -0.2) is 5.78 Å². The Labute approximate surface area is 133 Å². The molecular weight excluding hydrogens is 455 g/mol. The summed E-state index contributed by atoms with van der Waals surface area (Å²) in [6, 6.07) is 5.23. The Morgan fingerprint density at radius 2 is 1.94 bits per heavy atom. The molecule has 88 valence electrons. The van der Waals surface area contributed by atoms with E-state index < -0.39 is 0 Å². The van der Waals surface area contributed by atoms with Gasteiger partial charge in [-0.1, -0.05) is 27.5 Å². The lowest BCUT2D eigenvalue weighted by Gasteiger charge is -2.03. The predicted octanol–water partition coefficient (Wildman–Crippen LogP) is 5.92. The molecule has 1 aromatic carbocycles. The molecule has 1 aromatic heterocycles. The molecule has 0 saturated carbocycles. The van der Waals surface area contributed by atoms with Crippen molar-refractivity contribution in [2.24, 2.45) is 0 Å². The van der Waals surface area contributed by atoms with Crippen LogP contribution in [0.25, 0.3) is 0 Å². The molecule has 0 aliphatic rings. The van der Waals surface area contributed by atoms with Gasteiger partial charge in [-0.05, 0) is 50.1 Å². The molecule has 0 unspecified atom stereocenters. The molecule has 0 aliphatic heterocycles. The fraction of sp³-hybridized carbons (Fsp3) is 0. The van der Waals surface area contributed by atoms with Crippen LogP contribution >= 0.6 is 70.7 Å². The molecular formula is C11H4Br3ClOS. The van der Waals surface area contributed by atoms with E-state index in [0.29, 0.717) is 15.5 Å². The number of hydrogen-bond donors (Lipinski definition) is 0. The second-order valence-corrected chi connectivity index (χ2v) is 7.03. The monoisotopic (exact) mass is 456 g/mol. The van der Waals surface area contributed by atoms with Gasteiger partial charge in [-0.2, -0.15) is 0 Å². The van der Waals surface area contributed by atoms with Crippen LogP contribution in [0.15, 0.2) is 37.0 Å². The number of ketones is 1. The van der Waals surface area contributed by atoms with Crippen LogP contribution in [0.4, 0.5) is 0 Å². The summed E-state index contributed by atoms with van der Waals surface area (Å²) in [5, 5.41) is 2.32. The largest absolute Gasteiger partial charge is 0.288 e. The van der Waals surface area contributed by atoms with Gasteiger partial charge in [0.1, 0.15) is 0 Å². The highest BCUT2D eigenvalue weighted by atomic mass is 79.9. The van der Waals surface area contributed by atoms with Crippen LogP contribution < -0.4 is 0 Å². The molecule has 2 rings (SSSR count). The molecule has 0 fully saturated rings. The minimum atomic E-state index is -0.0844. The van der Waals surface area contributed by atoms with Crippen molar-refractivity contribution in [1.29, 1.82) is 0 Å².